The van der Waals surface area contributed by atoms with Gasteiger partial charge in [-0.2, -0.15) is 0 Å². The molecule has 0 N–H and O–H groups in total. The van der Waals surface area contributed by atoms with Crippen LogP contribution in [0.2, 0.25) is 0 Å². The molecule has 1 aromatic rings. The minimum atomic E-state index is 0.521. The Kier molecular flexibility index (Phi) is 5.64. The highest BCUT2D eigenvalue weighted by atomic mass is 16.6. The molecule has 0 aliphatic rings. The van der Waals surface area contributed by atoms with E-state index in [1.165, 1.54) is 7.11 Å². The summed E-state index contributed by atoms with van der Waals surface area (Å²) in [5.74, 6) is 0. The Morgan fingerprint density at radius 1 is 1.28 bits per heavy atom. The maximum Gasteiger partial charge on any atom is 0.134 e. The molecule has 0 radical (unpaired) electrons. The summed E-state index contributed by atoms with van der Waals surface area (Å²) in [4.78, 5) is 9.87. The van der Waals surface area contributed by atoms with E-state index in [0.717, 1.165) is 11.1 Å². The predicted octanol–water partition coefficient (Wildman–Crippen LogP) is 3.09. The lowest BCUT2D eigenvalue weighted by Crippen LogP contribution is -2.13. The van der Waals surface area contributed by atoms with Crippen LogP contribution in [0.4, 0.5) is 0 Å². The molecule has 0 aliphatic heterocycles. The molecule has 1 rings (SSSR count). The van der Waals surface area contributed by atoms with Gasteiger partial charge in [-0.15, -0.1) is 0 Å². The summed E-state index contributed by atoms with van der Waals surface area (Å²) in [7, 11) is 1.51. The molecule has 96 valence electrons. The summed E-state index contributed by atoms with van der Waals surface area (Å²) >= 11 is 0. The smallest absolute Gasteiger partial charge is 0.134 e. The highest BCUT2D eigenvalue weighted by Gasteiger charge is 2.09. The van der Waals surface area contributed by atoms with Crippen molar-refractivity contribution in [2.45, 2.75) is 13.8 Å². The fourth-order valence-electron chi connectivity index (χ4n) is 1.40. The molecule has 0 unspecified atom stereocenters. The van der Waals surface area contributed by atoms with Gasteiger partial charge in [-0.05, 0) is 19.4 Å². The standard InChI is InChI=1S/C14H18N2O2/c1-5-12-7-9-13(10-8-12)14(16-17-4)11(3)15-18-6-2/h5,7-10H,1,6H2,2-4H3/b15-11+,16-14-. The van der Waals surface area contributed by atoms with Gasteiger partial charge in [0.2, 0.25) is 0 Å². The van der Waals surface area contributed by atoms with Gasteiger partial charge in [0.15, 0.2) is 0 Å². The van der Waals surface area contributed by atoms with E-state index in [1.54, 1.807) is 6.08 Å². The topological polar surface area (TPSA) is 43.2 Å². The summed E-state index contributed by atoms with van der Waals surface area (Å²) in [6.07, 6.45) is 1.79. The molecule has 1 aromatic carbocycles. The Morgan fingerprint density at radius 2 is 1.94 bits per heavy atom. The Labute approximate surface area is 108 Å². The van der Waals surface area contributed by atoms with Gasteiger partial charge in [-0.3, -0.25) is 0 Å². The second kappa shape index (κ2) is 7.27. The lowest BCUT2D eigenvalue weighted by atomic mass is 10.0. The van der Waals surface area contributed by atoms with E-state index in [4.69, 9.17) is 9.68 Å². The molecule has 0 heterocycles. The summed E-state index contributed by atoms with van der Waals surface area (Å²) in [5, 5.41) is 7.95. The SMILES string of the molecule is C=Cc1ccc(C(=N\OC)/C(C)=N/OCC)cc1. The zero-order valence-corrected chi connectivity index (χ0v) is 11.0. The van der Waals surface area contributed by atoms with Crippen LogP contribution in [0.1, 0.15) is 25.0 Å². The lowest BCUT2D eigenvalue weighted by Gasteiger charge is -2.06. The molecular formula is C14H18N2O2. The monoisotopic (exact) mass is 246 g/mol. The van der Waals surface area contributed by atoms with Crippen LogP contribution in [0, 0.1) is 0 Å². The Balaban J connectivity index is 3.04. The molecule has 0 bridgehead atoms. The zero-order valence-electron chi connectivity index (χ0n) is 11.0. The van der Waals surface area contributed by atoms with Crippen LogP contribution in [0.3, 0.4) is 0 Å². The highest BCUT2D eigenvalue weighted by molar-refractivity contribution is 6.47. The average molecular weight is 246 g/mol. The van der Waals surface area contributed by atoms with Crippen molar-refractivity contribution >= 4 is 17.5 Å². The molecule has 18 heavy (non-hydrogen) atoms. The lowest BCUT2D eigenvalue weighted by molar-refractivity contribution is 0.159. The third-order valence-electron chi connectivity index (χ3n) is 2.28. The molecule has 0 amide bonds. The number of hydrogen-bond donors (Lipinski definition) is 0. The van der Waals surface area contributed by atoms with Gasteiger partial charge in [-0.1, -0.05) is 47.2 Å². The van der Waals surface area contributed by atoms with Gasteiger partial charge in [-0.25, -0.2) is 0 Å². The molecule has 0 spiro atoms. The minimum absolute atomic E-state index is 0.521. The van der Waals surface area contributed by atoms with E-state index in [1.807, 2.05) is 38.1 Å². The Bertz CT molecular complexity index is 447. The van der Waals surface area contributed by atoms with Gasteiger partial charge in [0.1, 0.15) is 25.1 Å². The van der Waals surface area contributed by atoms with E-state index in [9.17, 15) is 0 Å². The van der Waals surface area contributed by atoms with Gasteiger partial charge in [0.25, 0.3) is 0 Å². The molecule has 0 atom stereocenters. The van der Waals surface area contributed by atoms with Crippen LogP contribution in [-0.2, 0) is 9.68 Å². The molecule has 4 nitrogen and oxygen atoms in total. The van der Waals surface area contributed by atoms with Crippen LogP contribution < -0.4 is 0 Å². The summed E-state index contributed by atoms with van der Waals surface area (Å²) in [6.45, 7) is 7.95. The second-order valence-corrected chi connectivity index (χ2v) is 3.54. The van der Waals surface area contributed by atoms with Crippen LogP contribution >= 0.6 is 0 Å². The fourth-order valence-corrected chi connectivity index (χ4v) is 1.40. The predicted molar refractivity (Wildman–Crippen MR) is 74.8 cm³/mol. The van der Waals surface area contributed by atoms with E-state index in [0.29, 0.717) is 18.0 Å². The van der Waals surface area contributed by atoms with E-state index in [2.05, 4.69) is 16.9 Å². The number of nitrogens with zero attached hydrogens (tertiary/aromatic N) is 2. The van der Waals surface area contributed by atoms with E-state index >= 15 is 0 Å². The molecular weight excluding hydrogens is 228 g/mol. The minimum Gasteiger partial charge on any atom is -0.399 e. The van der Waals surface area contributed by atoms with Crippen molar-refractivity contribution in [3.63, 3.8) is 0 Å². The van der Waals surface area contributed by atoms with Gasteiger partial charge >= 0.3 is 0 Å². The number of hydrogen-bond acceptors (Lipinski definition) is 4. The Hall–Kier alpha value is -2.10. The van der Waals surface area contributed by atoms with E-state index in [-0.39, 0.29) is 0 Å². The largest absolute Gasteiger partial charge is 0.399 e. The first-order chi connectivity index (χ1) is 8.72. The Morgan fingerprint density at radius 3 is 2.44 bits per heavy atom. The third kappa shape index (κ3) is 3.73. The third-order valence-corrected chi connectivity index (χ3v) is 2.28. The van der Waals surface area contributed by atoms with Crippen molar-refractivity contribution in [2.24, 2.45) is 10.3 Å². The average Bonchev–Trinajstić information content (AvgIpc) is 2.42. The number of benzene rings is 1. The number of rotatable bonds is 6. The van der Waals surface area contributed by atoms with Gasteiger partial charge in [0.05, 0.1) is 0 Å². The van der Waals surface area contributed by atoms with Crippen molar-refractivity contribution in [3.8, 4) is 0 Å². The van der Waals surface area contributed by atoms with Crippen LogP contribution in [0.25, 0.3) is 6.08 Å². The van der Waals surface area contributed by atoms with Gasteiger partial charge in [0, 0.05) is 5.56 Å². The quantitative estimate of drug-likeness (QED) is 0.572. The van der Waals surface area contributed by atoms with Crippen molar-refractivity contribution in [1.82, 2.24) is 0 Å². The van der Waals surface area contributed by atoms with Crippen molar-refractivity contribution < 1.29 is 9.68 Å². The van der Waals surface area contributed by atoms with E-state index < -0.39 is 0 Å². The number of oxime groups is 2. The molecule has 0 saturated carbocycles. The first kappa shape index (κ1) is 14.0. The molecule has 0 fully saturated rings. The summed E-state index contributed by atoms with van der Waals surface area (Å²) in [5.41, 5.74) is 3.30. The summed E-state index contributed by atoms with van der Waals surface area (Å²) < 4.78 is 0. The highest BCUT2D eigenvalue weighted by Crippen LogP contribution is 2.08. The molecule has 0 aromatic heterocycles. The normalized spacial score (nSPS) is 12.2. The van der Waals surface area contributed by atoms with Crippen LogP contribution in [-0.4, -0.2) is 25.1 Å². The van der Waals surface area contributed by atoms with Crippen LogP contribution in [0.15, 0.2) is 41.2 Å². The van der Waals surface area contributed by atoms with Crippen molar-refractivity contribution in [2.75, 3.05) is 13.7 Å². The maximum atomic E-state index is 5.02. The molecule has 4 heteroatoms. The summed E-state index contributed by atoms with van der Waals surface area (Å²) in [6, 6.07) is 7.81. The molecule has 0 aliphatic carbocycles. The second-order valence-electron chi connectivity index (χ2n) is 3.54. The van der Waals surface area contributed by atoms with Crippen molar-refractivity contribution in [3.05, 3.63) is 42.0 Å². The first-order valence-corrected chi connectivity index (χ1v) is 5.73. The van der Waals surface area contributed by atoms with Crippen LogP contribution in [0.5, 0.6) is 0 Å². The van der Waals surface area contributed by atoms with Crippen molar-refractivity contribution in [1.29, 1.82) is 0 Å². The zero-order chi connectivity index (χ0) is 13.4. The fraction of sp³-hybridized carbons (Fsp3) is 0.286. The first-order valence-electron chi connectivity index (χ1n) is 5.73. The maximum absolute atomic E-state index is 5.02. The molecule has 0 saturated heterocycles. The van der Waals surface area contributed by atoms with Gasteiger partial charge < -0.3 is 9.68 Å².